The second-order valence-corrected chi connectivity index (χ2v) is 10.1. The maximum Gasteiger partial charge on any atom is 0.178 e. The van der Waals surface area contributed by atoms with Crippen LogP contribution < -0.4 is 0 Å². The van der Waals surface area contributed by atoms with Gasteiger partial charge in [0.15, 0.2) is 8.32 Å². The molecule has 3 heteroatoms. The summed E-state index contributed by atoms with van der Waals surface area (Å²) in [6.45, 7) is 9.13. The van der Waals surface area contributed by atoms with E-state index in [9.17, 15) is 0 Å². The maximum absolute atomic E-state index is 6.10. The van der Waals surface area contributed by atoms with Gasteiger partial charge >= 0.3 is 0 Å². The van der Waals surface area contributed by atoms with Gasteiger partial charge in [0.25, 0.3) is 0 Å². The summed E-state index contributed by atoms with van der Waals surface area (Å²) in [7, 11) is -1.33. The smallest absolute Gasteiger partial charge is 0.178 e. The molecule has 0 amide bonds. The van der Waals surface area contributed by atoms with Gasteiger partial charge in [0.05, 0.1) is 0 Å². The molecule has 1 nitrogen and oxygen atoms in total. The van der Waals surface area contributed by atoms with E-state index in [0.717, 1.165) is 0 Å². The van der Waals surface area contributed by atoms with Crippen molar-refractivity contribution in [2.24, 2.45) is 0 Å². The lowest BCUT2D eigenvalue weighted by Gasteiger charge is -2.28. The van der Waals surface area contributed by atoms with Crippen LogP contribution in [0.4, 0.5) is 0 Å². The van der Waals surface area contributed by atoms with Crippen LogP contribution in [0.5, 0.6) is 0 Å². The Kier molecular flexibility index (Phi) is 6.18. The molecule has 0 bridgehead atoms. The van der Waals surface area contributed by atoms with Crippen LogP contribution in [0.2, 0.25) is 24.2 Å². The molecular formula is C8H22OSi2. The second kappa shape index (κ2) is 5.97. The summed E-state index contributed by atoms with van der Waals surface area (Å²) < 4.78 is 6.10. The summed E-state index contributed by atoms with van der Waals surface area (Å²) in [5, 5.41) is 0. The highest BCUT2D eigenvalue weighted by molar-refractivity contribution is 6.77. The van der Waals surface area contributed by atoms with Gasteiger partial charge in [-0.1, -0.05) is 27.7 Å². The molecule has 0 fully saturated rings. The molecule has 0 rings (SSSR count). The average Bonchev–Trinajstić information content (AvgIpc) is 2.08. The van der Waals surface area contributed by atoms with Gasteiger partial charge in [0, 0.05) is 0 Å². The SMILES string of the molecule is CC[SiH2]O[Si](CC)(CC)CC. The average molecular weight is 190 g/mol. The third kappa shape index (κ3) is 3.53. The van der Waals surface area contributed by atoms with E-state index in [1.165, 1.54) is 24.2 Å². The molecule has 68 valence electrons. The van der Waals surface area contributed by atoms with Crippen LogP contribution in [0.25, 0.3) is 0 Å². The molecule has 0 aliphatic rings. The van der Waals surface area contributed by atoms with E-state index in [0.29, 0.717) is 0 Å². The Morgan fingerprint density at radius 2 is 1.45 bits per heavy atom. The Labute approximate surface area is 74.6 Å². The molecule has 0 aliphatic carbocycles. The molecule has 11 heavy (non-hydrogen) atoms. The van der Waals surface area contributed by atoms with E-state index in [-0.39, 0.29) is 9.76 Å². The Morgan fingerprint density at radius 1 is 1.00 bits per heavy atom. The third-order valence-corrected chi connectivity index (χ3v) is 10.1. The molecule has 0 N–H and O–H groups in total. The van der Waals surface area contributed by atoms with Crippen molar-refractivity contribution in [3.63, 3.8) is 0 Å². The van der Waals surface area contributed by atoms with Crippen molar-refractivity contribution in [2.45, 2.75) is 51.9 Å². The van der Waals surface area contributed by atoms with Gasteiger partial charge in [-0.05, 0) is 24.2 Å². The third-order valence-electron chi connectivity index (χ3n) is 2.55. The molecule has 0 aromatic rings. The largest absolute Gasteiger partial charge is 0.460 e. The monoisotopic (exact) mass is 190 g/mol. The lowest BCUT2D eigenvalue weighted by atomic mass is 10.9. The zero-order valence-electron chi connectivity index (χ0n) is 8.44. The van der Waals surface area contributed by atoms with Crippen LogP contribution >= 0.6 is 0 Å². The minimum atomic E-state index is -1.18. The van der Waals surface area contributed by atoms with E-state index in [4.69, 9.17) is 4.12 Å². The van der Waals surface area contributed by atoms with Crippen LogP contribution in [0.1, 0.15) is 27.7 Å². The minimum Gasteiger partial charge on any atom is -0.460 e. The zero-order chi connectivity index (χ0) is 8.74. The van der Waals surface area contributed by atoms with E-state index >= 15 is 0 Å². The summed E-state index contributed by atoms with van der Waals surface area (Å²) in [6.07, 6.45) is 0. The molecule has 0 aromatic heterocycles. The minimum absolute atomic E-state index is 0.154. The second-order valence-electron chi connectivity index (χ2n) is 3.09. The first-order valence-electron chi connectivity index (χ1n) is 4.88. The number of hydrogen-bond acceptors (Lipinski definition) is 1. The van der Waals surface area contributed by atoms with Gasteiger partial charge in [0.2, 0.25) is 0 Å². The fourth-order valence-electron chi connectivity index (χ4n) is 1.37. The highest BCUT2D eigenvalue weighted by Crippen LogP contribution is 2.20. The van der Waals surface area contributed by atoms with Crippen molar-refractivity contribution < 1.29 is 4.12 Å². The zero-order valence-corrected chi connectivity index (χ0v) is 10.9. The van der Waals surface area contributed by atoms with Crippen molar-refractivity contribution in [2.75, 3.05) is 0 Å². The molecule has 0 aliphatic heterocycles. The number of rotatable bonds is 6. The van der Waals surface area contributed by atoms with Crippen molar-refractivity contribution in [3.05, 3.63) is 0 Å². The molecule has 0 radical (unpaired) electrons. The van der Waals surface area contributed by atoms with E-state index < -0.39 is 8.32 Å². The van der Waals surface area contributed by atoms with Gasteiger partial charge in [-0.2, -0.15) is 0 Å². The molecule has 0 saturated heterocycles. The maximum atomic E-state index is 6.10. The van der Waals surface area contributed by atoms with Gasteiger partial charge in [-0.25, -0.2) is 0 Å². The summed E-state index contributed by atoms with van der Waals surface area (Å²) in [6, 6.07) is 5.24. The van der Waals surface area contributed by atoms with E-state index in [1.807, 2.05) is 0 Å². The summed E-state index contributed by atoms with van der Waals surface area (Å²) in [5.74, 6) is 0. The first-order chi connectivity index (χ1) is 5.24. The molecule has 0 spiro atoms. The van der Waals surface area contributed by atoms with Gasteiger partial charge < -0.3 is 4.12 Å². The Bertz CT molecular complexity index is 83.8. The Hall–Kier alpha value is 0.394. The highest BCUT2D eigenvalue weighted by Gasteiger charge is 2.27. The van der Waals surface area contributed by atoms with Crippen LogP contribution in [-0.2, 0) is 4.12 Å². The first kappa shape index (κ1) is 11.4. The molecule has 0 unspecified atom stereocenters. The van der Waals surface area contributed by atoms with Crippen molar-refractivity contribution >= 4 is 18.1 Å². The lowest BCUT2D eigenvalue weighted by Crippen LogP contribution is -2.36. The van der Waals surface area contributed by atoms with Crippen molar-refractivity contribution in [3.8, 4) is 0 Å². The molecule has 0 atom stereocenters. The van der Waals surface area contributed by atoms with Crippen LogP contribution in [0.15, 0.2) is 0 Å². The standard InChI is InChI=1S/C8H22OSi2/c1-5-10-9-11(6-2,7-3)8-4/h5-8,10H2,1-4H3. The van der Waals surface area contributed by atoms with Gasteiger partial charge in [-0.3, -0.25) is 0 Å². The van der Waals surface area contributed by atoms with E-state index in [1.54, 1.807) is 0 Å². The van der Waals surface area contributed by atoms with Crippen LogP contribution in [-0.4, -0.2) is 18.1 Å². The summed E-state index contributed by atoms with van der Waals surface area (Å²) in [4.78, 5) is 0. The molecule has 0 aromatic carbocycles. The quantitative estimate of drug-likeness (QED) is 0.585. The van der Waals surface area contributed by atoms with Crippen LogP contribution in [0, 0.1) is 0 Å². The van der Waals surface area contributed by atoms with Gasteiger partial charge in [0.1, 0.15) is 9.76 Å². The number of hydrogen-bond donors (Lipinski definition) is 0. The topological polar surface area (TPSA) is 9.23 Å². The predicted octanol–water partition coefficient (Wildman–Crippen LogP) is 2.53. The molecule has 0 saturated carbocycles. The lowest BCUT2D eigenvalue weighted by molar-refractivity contribution is 0.566. The van der Waals surface area contributed by atoms with E-state index in [2.05, 4.69) is 27.7 Å². The Balaban J connectivity index is 3.84. The van der Waals surface area contributed by atoms with Crippen molar-refractivity contribution in [1.29, 1.82) is 0 Å². The normalized spacial score (nSPS) is 13.1. The van der Waals surface area contributed by atoms with Gasteiger partial charge in [-0.15, -0.1) is 0 Å². The molecular weight excluding hydrogens is 168 g/mol. The summed E-state index contributed by atoms with van der Waals surface area (Å²) >= 11 is 0. The highest BCUT2D eigenvalue weighted by atomic mass is 28.4. The fraction of sp³-hybridized carbons (Fsp3) is 1.00. The first-order valence-corrected chi connectivity index (χ1v) is 8.99. The fourth-order valence-corrected chi connectivity index (χ4v) is 7.87. The van der Waals surface area contributed by atoms with Crippen LogP contribution in [0.3, 0.4) is 0 Å². The predicted molar refractivity (Wildman–Crippen MR) is 57.3 cm³/mol. The molecule has 0 heterocycles. The summed E-state index contributed by atoms with van der Waals surface area (Å²) in [5.41, 5.74) is 0. The van der Waals surface area contributed by atoms with Crippen molar-refractivity contribution in [1.82, 2.24) is 0 Å². The Morgan fingerprint density at radius 3 is 1.73 bits per heavy atom.